The Hall–Kier alpha value is -2.63. The van der Waals surface area contributed by atoms with Crippen molar-refractivity contribution in [2.45, 2.75) is 0 Å². The molecule has 86 valence electrons. The van der Waals surface area contributed by atoms with Crippen LogP contribution in [-0.2, 0) is 4.79 Å². The van der Waals surface area contributed by atoms with Crippen molar-refractivity contribution in [3.8, 4) is 0 Å². The van der Waals surface area contributed by atoms with Gasteiger partial charge in [0.15, 0.2) is 0 Å². The smallest absolute Gasteiger partial charge is 0.419 e. The molecule has 0 radical (unpaired) electrons. The minimum atomic E-state index is -1.08. The van der Waals surface area contributed by atoms with Crippen LogP contribution >= 0.6 is 0 Å². The van der Waals surface area contributed by atoms with Crippen LogP contribution in [0.15, 0.2) is 38.3 Å². The molecule has 2 N–H and O–H groups in total. The Balaban J connectivity index is 2.62. The van der Waals surface area contributed by atoms with E-state index >= 15 is 0 Å². The lowest BCUT2D eigenvalue weighted by atomic mass is 10.1. The minimum absolute atomic E-state index is 0.192. The molecule has 0 saturated heterocycles. The van der Waals surface area contributed by atoms with E-state index in [1.807, 2.05) is 0 Å². The molecule has 1 aromatic heterocycles. The summed E-state index contributed by atoms with van der Waals surface area (Å²) in [6, 6.07) is 4.53. The largest absolute Gasteiger partial charge is 0.478 e. The lowest BCUT2D eigenvalue weighted by molar-refractivity contribution is -0.131. The van der Waals surface area contributed by atoms with Crippen LogP contribution in [0.25, 0.3) is 17.0 Å². The Morgan fingerprint density at radius 3 is 2.82 bits per heavy atom. The van der Waals surface area contributed by atoms with Crippen LogP contribution in [0.5, 0.6) is 0 Å². The molecular weight excluding hydrogens is 226 g/mol. The highest BCUT2D eigenvalue weighted by molar-refractivity contribution is 5.87. The highest BCUT2D eigenvalue weighted by Gasteiger charge is 2.02. The predicted molar refractivity (Wildman–Crippen MR) is 59.8 cm³/mol. The van der Waals surface area contributed by atoms with Crippen molar-refractivity contribution in [1.82, 2.24) is 4.98 Å². The molecule has 0 amide bonds. The lowest BCUT2D eigenvalue weighted by Gasteiger charge is -1.96. The third-order valence-corrected chi connectivity index (χ3v) is 2.10. The molecule has 0 spiro atoms. The van der Waals surface area contributed by atoms with Gasteiger partial charge in [0.25, 0.3) is 0 Å². The molecule has 0 unspecified atom stereocenters. The number of aromatic nitrogens is 1. The second-order valence-electron chi connectivity index (χ2n) is 3.28. The SMILES string of the molecule is O=C(O)C=Cc1ccc2[nH]c(=O)oc(=O)c2c1. The molecule has 0 aliphatic heterocycles. The Bertz CT molecular complexity index is 722. The van der Waals surface area contributed by atoms with Crippen LogP contribution in [0.3, 0.4) is 0 Å². The number of carbonyl (C=O) groups is 1. The van der Waals surface area contributed by atoms with E-state index in [0.717, 1.165) is 6.08 Å². The summed E-state index contributed by atoms with van der Waals surface area (Å²) in [4.78, 5) is 34.9. The van der Waals surface area contributed by atoms with E-state index in [2.05, 4.69) is 9.40 Å². The van der Waals surface area contributed by atoms with Gasteiger partial charge in [0, 0.05) is 6.08 Å². The summed E-state index contributed by atoms with van der Waals surface area (Å²) < 4.78 is 4.36. The van der Waals surface area contributed by atoms with Gasteiger partial charge in [-0.05, 0) is 23.8 Å². The summed E-state index contributed by atoms with van der Waals surface area (Å²) in [6.45, 7) is 0. The molecule has 6 heteroatoms. The van der Waals surface area contributed by atoms with E-state index in [1.165, 1.54) is 18.2 Å². The lowest BCUT2D eigenvalue weighted by Crippen LogP contribution is -2.14. The first-order valence-electron chi connectivity index (χ1n) is 4.64. The minimum Gasteiger partial charge on any atom is -0.478 e. The van der Waals surface area contributed by atoms with Crippen molar-refractivity contribution in [1.29, 1.82) is 0 Å². The molecule has 0 atom stereocenters. The summed E-state index contributed by atoms with van der Waals surface area (Å²) >= 11 is 0. The summed E-state index contributed by atoms with van der Waals surface area (Å²) in [5.41, 5.74) is 0.118. The van der Waals surface area contributed by atoms with Crippen molar-refractivity contribution in [3.05, 3.63) is 50.8 Å². The topological polar surface area (TPSA) is 100 Å². The first-order valence-corrected chi connectivity index (χ1v) is 4.64. The van der Waals surface area contributed by atoms with E-state index in [1.54, 1.807) is 6.07 Å². The van der Waals surface area contributed by atoms with Gasteiger partial charge in [0.1, 0.15) is 0 Å². The van der Waals surface area contributed by atoms with Gasteiger partial charge in [-0.15, -0.1) is 0 Å². The number of nitrogens with one attached hydrogen (secondary N) is 1. The molecular formula is C11H7NO5. The molecule has 17 heavy (non-hydrogen) atoms. The fraction of sp³-hybridized carbons (Fsp3) is 0. The third-order valence-electron chi connectivity index (χ3n) is 2.10. The summed E-state index contributed by atoms with van der Waals surface area (Å²) in [5.74, 6) is -1.91. The van der Waals surface area contributed by atoms with Gasteiger partial charge in [0.05, 0.1) is 10.9 Å². The quantitative estimate of drug-likeness (QED) is 0.739. The molecule has 1 aromatic carbocycles. The van der Waals surface area contributed by atoms with E-state index in [-0.39, 0.29) is 5.39 Å². The Morgan fingerprint density at radius 1 is 1.35 bits per heavy atom. The first kappa shape index (κ1) is 10.9. The molecule has 0 aliphatic carbocycles. The molecule has 0 aliphatic rings. The summed E-state index contributed by atoms with van der Waals surface area (Å²) in [7, 11) is 0. The summed E-state index contributed by atoms with van der Waals surface area (Å²) in [6.07, 6.45) is 2.29. The fourth-order valence-corrected chi connectivity index (χ4v) is 1.39. The Morgan fingerprint density at radius 2 is 2.12 bits per heavy atom. The molecule has 6 nitrogen and oxygen atoms in total. The normalized spacial score (nSPS) is 11.1. The summed E-state index contributed by atoms with van der Waals surface area (Å²) in [5, 5.41) is 8.66. The van der Waals surface area contributed by atoms with E-state index in [9.17, 15) is 14.4 Å². The van der Waals surface area contributed by atoms with Crippen LogP contribution in [0.1, 0.15) is 5.56 Å². The van der Waals surface area contributed by atoms with Crippen molar-refractivity contribution >= 4 is 22.9 Å². The van der Waals surface area contributed by atoms with Crippen LogP contribution < -0.4 is 11.4 Å². The average molecular weight is 233 g/mol. The maximum Gasteiger partial charge on any atom is 0.419 e. The zero-order chi connectivity index (χ0) is 12.4. The Kier molecular flexibility index (Phi) is 2.61. The van der Waals surface area contributed by atoms with Gasteiger partial charge in [-0.1, -0.05) is 6.07 Å². The molecule has 2 aromatic rings. The van der Waals surface area contributed by atoms with Crippen molar-refractivity contribution < 1.29 is 14.3 Å². The van der Waals surface area contributed by atoms with Gasteiger partial charge in [-0.2, -0.15) is 0 Å². The standard InChI is InChI=1S/C11H7NO5/c13-9(14)4-2-6-1-3-8-7(5-6)10(15)17-11(16)12-8/h1-5H,(H,12,16)(H,13,14). The van der Waals surface area contributed by atoms with Crippen LogP contribution in [0.4, 0.5) is 0 Å². The van der Waals surface area contributed by atoms with Gasteiger partial charge in [-0.3, -0.25) is 4.98 Å². The molecule has 1 heterocycles. The van der Waals surface area contributed by atoms with Gasteiger partial charge >= 0.3 is 17.4 Å². The number of hydrogen-bond donors (Lipinski definition) is 2. The van der Waals surface area contributed by atoms with Gasteiger partial charge in [0.2, 0.25) is 0 Å². The monoisotopic (exact) mass is 233 g/mol. The number of rotatable bonds is 2. The molecule has 0 saturated carbocycles. The zero-order valence-electron chi connectivity index (χ0n) is 8.47. The number of aromatic amines is 1. The van der Waals surface area contributed by atoms with Gasteiger partial charge in [-0.25, -0.2) is 14.4 Å². The van der Waals surface area contributed by atoms with Crippen LogP contribution in [0, 0.1) is 0 Å². The van der Waals surface area contributed by atoms with E-state index in [0.29, 0.717) is 11.1 Å². The number of hydrogen-bond acceptors (Lipinski definition) is 4. The van der Waals surface area contributed by atoms with E-state index in [4.69, 9.17) is 5.11 Å². The number of H-pyrrole nitrogens is 1. The third kappa shape index (κ3) is 2.31. The number of carboxylic acid groups (broad SMARTS) is 1. The van der Waals surface area contributed by atoms with Crippen LogP contribution in [-0.4, -0.2) is 16.1 Å². The number of carboxylic acids is 1. The number of benzene rings is 1. The molecule has 2 rings (SSSR count). The van der Waals surface area contributed by atoms with Crippen molar-refractivity contribution in [2.24, 2.45) is 0 Å². The number of fused-ring (bicyclic) bond motifs is 1. The fourth-order valence-electron chi connectivity index (χ4n) is 1.39. The van der Waals surface area contributed by atoms with E-state index < -0.39 is 17.4 Å². The maximum absolute atomic E-state index is 11.4. The zero-order valence-corrected chi connectivity index (χ0v) is 8.47. The highest BCUT2D eigenvalue weighted by atomic mass is 16.4. The molecule has 0 fully saturated rings. The van der Waals surface area contributed by atoms with Crippen molar-refractivity contribution in [3.63, 3.8) is 0 Å². The maximum atomic E-state index is 11.4. The first-order chi connectivity index (χ1) is 8.06. The second kappa shape index (κ2) is 4.09. The highest BCUT2D eigenvalue weighted by Crippen LogP contribution is 2.10. The van der Waals surface area contributed by atoms with Crippen LogP contribution in [0.2, 0.25) is 0 Å². The van der Waals surface area contributed by atoms with Gasteiger partial charge < -0.3 is 9.52 Å². The molecule has 0 bridgehead atoms. The van der Waals surface area contributed by atoms with Crippen molar-refractivity contribution in [2.75, 3.05) is 0 Å². The number of aliphatic carboxylic acids is 1. The predicted octanol–water partition coefficient (Wildman–Crippen LogP) is 0.579. The second-order valence-corrected chi connectivity index (χ2v) is 3.28. The Labute approximate surface area is 93.8 Å². The average Bonchev–Trinajstić information content (AvgIpc) is 2.26.